The van der Waals surface area contributed by atoms with E-state index in [-0.39, 0.29) is 17.7 Å². The molecule has 0 aromatic carbocycles. The molecule has 2 N–H and O–H groups in total. The molecule has 0 saturated carbocycles. The molecule has 23 heavy (non-hydrogen) atoms. The predicted octanol–water partition coefficient (Wildman–Crippen LogP) is 0.414. The van der Waals surface area contributed by atoms with E-state index in [9.17, 15) is 14.4 Å². The number of likely N-dealkylation sites (tertiary alicyclic amines) is 1. The van der Waals surface area contributed by atoms with E-state index >= 15 is 0 Å². The SMILES string of the molecule is C[C@H](NC(=O)C1=CC=CC1)C(=O)N1CCC[C@H]1C(=O)NCCS. The summed E-state index contributed by atoms with van der Waals surface area (Å²) in [6, 6.07) is -1.10. The van der Waals surface area contributed by atoms with E-state index < -0.39 is 12.1 Å². The average Bonchev–Trinajstić information content (AvgIpc) is 3.22. The maximum absolute atomic E-state index is 12.6. The van der Waals surface area contributed by atoms with Gasteiger partial charge in [-0.15, -0.1) is 0 Å². The van der Waals surface area contributed by atoms with Crippen LogP contribution in [-0.2, 0) is 14.4 Å². The Hall–Kier alpha value is -1.76. The zero-order valence-electron chi connectivity index (χ0n) is 13.2. The lowest BCUT2D eigenvalue weighted by Gasteiger charge is -2.27. The third kappa shape index (κ3) is 4.37. The highest BCUT2D eigenvalue weighted by Crippen LogP contribution is 2.19. The van der Waals surface area contributed by atoms with Gasteiger partial charge in [0.1, 0.15) is 12.1 Å². The van der Waals surface area contributed by atoms with Crippen LogP contribution in [0, 0.1) is 0 Å². The van der Waals surface area contributed by atoms with E-state index in [1.807, 2.05) is 12.2 Å². The van der Waals surface area contributed by atoms with Crippen molar-refractivity contribution in [2.75, 3.05) is 18.8 Å². The number of carbonyl (C=O) groups excluding carboxylic acids is 3. The number of allylic oxidation sites excluding steroid dienone is 3. The largest absolute Gasteiger partial charge is 0.353 e. The number of carbonyl (C=O) groups is 3. The summed E-state index contributed by atoms with van der Waals surface area (Å²) in [5.41, 5.74) is 0.647. The highest BCUT2D eigenvalue weighted by atomic mass is 32.1. The number of hydrogen-bond donors (Lipinski definition) is 3. The second kappa shape index (κ2) is 8.19. The Morgan fingerprint density at radius 1 is 1.43 bits per heavy atom. The molecule has 126 valence electrons. The van der Waals surface area contributed by atoms with Gasteiger partial charge >= 0.3 is 0 Å². The van der Waals surface area contributed by atoms with Gasteiger partial charge in [0.2, 0.25) is 17.7 Å². The normalized spacial score (nSPS) is 21.0. The smallest absolute Gasteiger partial charge is 0.248 e. The number of thiol groups is 1. The molecule has 0 radical (unpaired) electrons. The molecule has 3 amide bonds. The summed E-state index contributed by atoms with van der Waals surface area (Å²) in [7, 11) is 0. The van der Waals surface area contributed by atoms with Crippen molar-refractivity contribution in [1.29, 1.82) is 0 Å². The molecule has 0 spiro atoms. The van der Waals surface area contributed by atoms with Crippen molar-refractivity contribution in [3.05, 3.63) is 23.8 Å². The molecule has 6 nitrogen and oxygen atoms in total. The van der Waals surface area contributed by atoms with Crippen LogP contribution in [0.5, 0.6) is 0 Å². The van der Waals surface area contributed by atoms with Crippen molar-refractivity contribution < 1.29 is 14.4 Å². The standard InChI is InChI=1S/C16H23N3O3S/c1-11(18-14(20)12-5-2-3-6-12)16(22)19-9-4-7-13(19)15(21)17-8-10-23/h2-3,5,11,13,23H,4,6-10H2,1H3,(H,17,21)(H,18,20)/t11-,13-/m0/s1. The third-order valence-corrected chi connectivity index (χ3v) is 4.25. The van der Waals surface area contributed by atoms with Crippen LogP contribution in [0.15, 0.2) is 23.8 Å². The van der Waals surface area contributed by atoms with E-state index in [1.165, 1.54) is 0 Å². The van der Waals surface area contributed by atoms with Gasteiger partial charge in [0.05, 0.1) is 0 Å². The van der Waals surface area contributed by atoms with Crippen LogP contribution in [0.4, 0.5) is 0 Å². The molecule has 0 aromatic rings. The Labute approximate surface area is 141 Å². The minimum absolute atomic E-state index is 0.147. The fraction of sp³-hybridized carbons (Fsp3) is 0.562. The van der Waals surface area contributed by atoms with Crippen molar-refractivity contribution in [1.82, 2.24) is 15.5 Å². The number of hydrogen-bond acceptors (Lipinski definition) is 4. The van der Waals surface area contributed by atoms with Gasteiger partial charge in [0, 0.05) is 24.4 Å². The molecular weight excluding hydrogens is 314 g/mol. The first kappa shape index (κ1) is 17.6. The van der Waals surface area contributed by atoms with Gasteiger partial charge < -0.3 is 15.5 Å². The molecule has 1 aliphatic carbocycles. The van der Waals surface area contributed by atoms with Crippen LogP contribution in [0.3, 0.4) is 0 Å². The average molecular weight is 337 g/mol. The second-order valence-corrected chi connectivity index (χ2v) is 6.17. The quantitative estimate of drug-likeness (QED) is 0.615. The Morgan fingerprint density at radius 3 is 2.87 bits per heavy atom. The molecule has 1 fully saturated rings. The van der Waals surface area contributed by atoms with Crippen molar-refractivity contribution >= 4 is 30.4 Å². The molecule has 1 aliphatic heterocycles. The molecule has 0 unspecified atom stereocenters. The van der Waals surface area contributed by atoms with Crippen molar-refractivity contribution in [3.63, 3.8) is 0 Å². The van der Waals surface area contributed by atoms with E-state index in [0.29, 0.717) is 37.3 Å². The van der Waals surface area contributed by atoms with Crippen LogP contribution in [0.2, 0.25) is 0 Å². The van der Waals surface area contributed by atoms with E-state index in [1.54, 1.807) is 17.9 Å². The van der Waals surface area contributed by atoms with Crippen LogP contribution in [-0.4, -0.2) is 53.5 Å². The fourth-order valence-electron chi connectivity index (χ4n) is 2.82. The first-order chi connectivity index (χ1) is 11.0. The zero-order chi connectivity index (χ0) is 16.8. The maximum Gasteiger partial charge on any atom is 0.248 e. The van der Waals surface area contributed by atoms with Gasteiger partial charge in [0.25, 0.3) is 0 Å². The van der Waals surface area contributed by atoms with Crippen molar-refractivity contribution in [3.8, 4) is 0 Å². The predicted molar refractivity (Wildman–Crippen MR) is 91.0 cm³/mol. The van der Waals surface area contributed by atoms with Gasteiger partial charge in [-0.05, 0) is 26.2 Å². The number of nitrogens with one attached hydrogen (secondary N) is 2. The molecule has 7 heteroatoms. The Balaban J connectivity index is 1.92. The lowest BCUT2D eigenvalue weighted by Crippen LogP contribution is -2.52. The first-order valence-electron chi connectivity index (χ1n) is 7.90. The summed E-state index contributed by atoms with van der Waals surface area (Å²) in [5.74, 6) is -0.0344. The first-order valence-corrected chi connectivity index (χ1v) is 8.53. The summed E-state index contributed by atoms with van der Waals surface area (Å²) >= 11 is 4.06. The van der Waals surface area contributed by atoms with Gasteiger partial charge in [-0.1, -0.05) is 18.2 Å². The number of rotatable bonds is 6. The molecule has 2 atom stereocenters. The molecule has 2 rings (SSSR count). The van der Waals surface area contributed by atoms with Gasteiger partial charge in [-0.2, -0.15) is 12.6 Å². The topological polar surface area (TPSA) is 78.5 Å². The van der Waals surface area contributed by atoms with Gasteiger partial charge in [-0.25, -0.2) is 0 Å². The Morgan fingerprint density at radius 2 is 2.22 bits per heavy atom. The summed E-state index contributed by atoms with van der Waals surface area (Å²) < 4.78 is 0. The van der Waals surface area contributed by atoms with Crippen LogP contribution < -0.4 is 10.6 Å². The second-order valence-electron chi connectivity index (χ2n) is 5.72. The summed E-state index contributed by atoms with van der Waals surface area (Å²) in [6.07, 6.45) is 7.50. The Bertz CT molecular complexity index is 545. The Kier molecular flexibility index (Phi) is 6.27. The van der Waals surface area contributed by atoms with E-state index in [2.05, 4.69) is 23.3 Å². The lowest BCUT2D eigenvalue weighted by atomic mass is 10.1. The van der Waals surface area contributed by atoms with Gasteiger partial charge in [-0.3, -0.25) is 14.4 Å². The number of nitrogens with zero attached hydrogens (tertiary/aromatic N) is 1. The molecular formula is C16H23N3O3S. The molecule has 1 heterocycles. The van der Waals surface area contributed by atoms with Crippen LogP contribution in [0.1, 0.15) is 26.2 Å². The van der Waals surface area contributed by atoms with E-state index in [0.717, 1.165) is 6.42 Å². The van der Waals surface area contributed by atoms with Crippen LogP contribution >= 0.6 is 12.6 Å². The van der Waals surface area contributed by atoms with Crippen molar-refractivity contribution in [2.45, 2.75) is 38.3 Å². The highest BCUT2D eigenvalue weighted by Gasteiger charge is 2.36. The minimum Gasteiger partial charge on any atom is -0.353 e. The molecule has 0 bridgehead atoms. The maximum atomic E-state index is 12.6. The summed E-state index contributed by atoms with van der Waals surface area (Å²) in [5, 5.41) is 5.49. The third-order valence-electron chi connectivity index (χ3n) is 4.03. The monoisotopic (exact) mass is 337 g/mol. The fourth-order valence-corrected chi connectivity index (χ4v) is 2.93. The molecule has 0 aromatic heterocycles. The number of amides is 3. The zero-order valence-corrected chi connectivity index (χ0v) is 14.1. The molecule has 1 saturated heterocycles. The lowest BCUT2D eigenvalue weighted by molar-refractivity contribution is -0.140. The summed E-state index contributed by atoms with van der Waals surface area (Å²) in [4.78, 5) is 38.3. The van der Waals surface area contributed by atoms with Crippen molar-refractivity contribution in [2.24, 2.45) is 0 Å². The highest BCUT2D eigenvalue weighted by molar-refractivity contribution is 7.80. The minimum atomic E-state index is -0.651. The van der Waals surface area contributed by atoms with Crippen LogP contribution in [0.25, 0.3) is 0 Å². The van der Waals surface area contributed by atoms with E-state index in [4.69, 9.17) is 0 Å². The van der Waals surface area contributed by atoms with Gasteiger partial charge in [0.15, 0.2) is 0 Å². The molecule has 2 aliphatic rings. The summed E-state index contributed by atoms with van der Waals surface area (Å²) in [6.45, 7) is 2.68.